The fraction of sp³-hybridized carbons (Fsp3) is 0.333. The molecule has 1 atom stereocenters. The summed E-state index contributed by atoms with van der Waals surface area (Å²) in [5, 5.41) is 2.08. The molecule has 0 saturated carbocycles. The fourth-order valence-corrected chi connectivity index (χ4v) is 5.08. The van der Waals surface area contributed by atoms with Gasteiger partial charge < -0.3 is 14.5 Å². The van der Waals surface area contributed by atoms with Gasteiger partial charge in [-0.15, -0.1) is 11.3 Å². The second-order valence-corrected chi connectivity index (χ2v) is 9.67. The molecular weight excluding hydrogens is 432 g/mol. The van der Waals surface area contributed by atoms with Gasteiger partial charge in [-0.2, -0.15) is 0 Å². The molecule has 4 rings (SSSR count). The molecule has 33 heavy (non-hydrogen) atoms. The van der Waals surface area contributed by atoms with Gasteiger partial charge in [0.1, 0.15) is 18.9 Å². The topological polar surface area (TPSA) is 49.9 Å². The molecule has 1 aliphatic heterocycles. The summed E-state index contributed by atoms with van der Waals surface area (Å²) in [5.41, 5.74) is 2.85. The predicted octanol–water partition coefficient (Wildman–Crippen LogP) is 5.11. The van der Waals surface area contributed by atoms with E-state index in [1.54, 1.807) is 16.2 Å². The first-order valence-corrected chi connectivity index (χ1v) is 12.2. The van der Waals surface area contributed by atoms with Gasteiger partial charge in [0, 0.05) is 23.0 Å². The first-order chi connectivity index (χ1) is 15.9. The summed E-state index contributed by atoms with van der Waals surface area (Å²) >= 11 is 1.73. The minimum Gasteiger partial charge on any atom is -0.491 e. The highest BCUT2D eigenvalue weighted by Crippen LogP contribution is 2.34. The molecule has 0 saturated heterocycles. The summed E-state index contributed by atoms with van der Waals surface area (Å²) in [4.78, 5) is 31.6. The van der Waals surface area contributed by atoms with Crippen LogP contribution in [0.2, 0.25) is 0 Å². The Balaban J connectivity index is 1.52. The summed E-state index contributed by atoms with van der Waals surface area (Å²) in [6.07, 6.45) is 0.828. The van der Waals surface area contributed by atoms with Crippen LogP contribution in [0, 0.1) is 6.92 Å². The molecule has 0 bridgehead atoms. The standard InChI is InChI=1S/C27H30N2O3S/c1-19(2)29(27(31)21-11-9-20(3)10-12-21)17-26(30)28-15-13-25-23(14-16-33-25)24(28)18-32-22-7-5-4-6-8-22/h4-12,14,16,19,24H,13,15,17-18H2,1-3H3/t24-/m0/s1. The van der Waals surface area contributed by atoms with Gasteiger partial charge in [-0.25, -0.2) is 0 Å². The lowest BCUT2D eigenvalue weighted by Gasteiger charge is -2.37. The van der Waals surface area contributed by atoms with E-state index in [0.717, 1.165) is 23.3 Å². The Labute approximate surface area is 199 Å². The maximum atomic E-state index is 13.5. The Morgan fingerprint density at radius 1 is 1.09 bits per heavy atom. The highest BCUT2D eigenvalue weighted by molar-refractivity contribution is 7.10. The van der Waals surface area contributed by atoms with Crippen LogP contribution in [0.1, 0.15) is 46.3 Å². The summed E-state index contributed by atoms with van der Waals surface area (Å²) in [7, 11) is 0. The lowest BCUT2D eigenvalue weighted by molar-refractivity contribution is -0.136. The van der Waals surface area contributed by atoms with Crippen molar-refractivity contribution in [2.45, 2.75) is 39.3 Å². The number of hydrogen-bond donors (Lipinski definition) is 0. The molecule has 6 heteroatoms. The van der Waals surface area contributed by atoms with Crippen molar-refractivity contribution in [3.8, 4) is 5.75 Å². The van der Waals surface area contributed by atoms with Crippen LogP contribution in [0.4, 0.5) is 0 Å². The van der Waals surface area contributed by atoms with Crippen LogP contribution in [0.3, 0.4) is 0 Å². The van der Waals surface area contributed by atoms with Crippen molar-refractivity contribution in [2.24, 2.45) is 0 Å². The highest BCUT2D eigenvalue weighted by Gasteiger charge is 2.34. The number of ether oxygens (including phenoxy) is 1. The number of carbonyl (C=O) groups excluding carboxylic acids is 2. The molecular formula is C27H30N2O3S. The maximum absolute atomic E-state index is 13.5. The number of benzene rings is 2. The van der Waals surface area contributed by atoms with Gasteiger partial charge in [-0.05, 0) is 68.5 Å². The fourth-order valence-electron chi connectivity index (χ4n) is 4.15. The maximum Gasteiger partial charge on any atom is 0.254 e. The van der Waals surface area contributed by atoms with Gasteiger partial charge in [0.15, 0.2) is 0 Å². The number of rotatable bonds is 7. The number of amides is 2. The number of thiophene rings is 1. The monoisotopic (exact) mass is 462 g/mol. The Morgan fingerprint density at radius 2 is 1.82 bits per heavy atom. The molecule has 0 radical (unpaired) electrons. The Morgan fingerprint density at radius 3 is 2.52 bits per heavy atom. The van der Waals surface area contributed by atoms with E-state index in [9.17, 15) is 9.59 Å². The van der Waals surface area contributed by atoms with Crippen molar-refractivity contribution < 1.29 is 14.3 Å². The molecule has 1 aromatic heterocycles. The molecule has 172 valence electrons. The molecule has 3 aromatic rings. The molecule has 0 spiro atoms. The minimum absolute atomic E-state index is 0.0473. The molecule has 0 N–H and O–H groups in total. The van der Waals surface area contributed by atoms with E-state index in [4.69, 9.17) is 4.74 Å². The van der Waals surface area contributed by atoms with Crippen molar-refractivity contribution in [1.82, 2.24) is 9.80 Å². The summed E-state index contributed by atoms with van der Waals surface area (Å²) in [6, 6.07) is 19.0. The largest absolute Gasteiger partial charge is 0.491 e. The number of nitrogens with zero attached hydrogens (tertiary/aromatic N) is 2. The van der Waals surface area contributed by atoms with E-state index < -0.39 is 0 Å². The molecule has 1 aliphatic rings. The Hall–Kier alpha value is -3.12. The zero-order valence-electron chi connectivity index (χ0n) is 19.4. The van der Waals surface area contributed by atoms with Crippen LogP contribution in [-0.2, 0) is 11.2 Å². The first kappa shape index (κ1) is 23.1. The second kappa shape index (κ2) is 10.2. The number of aryl methyl sites for hydroxylation is 1. The van der Waals surface area contributed by atoms with Crippen molar-refractivity contribution >= 4 is 23.2 Å². The first-order valence-electron chi connectivity index (χ1n) is 11.3. The molecule has 2 heterocycles. The van der Waals surface area contributed by atoms with Crippen LogP contribution < -0.4 is 4.74 Å². The average molecular weight is 463 g/mol. The number of hydrogen-bond acceptors (Lipinski definition) is 4. The van der Waals surface area contributed by atoms with Crippen molar-refractivity contribution in [1.29, 1.82) is 0 Å². The van der Waals surface area contributed by atoms with E-state index in [1.165, 1.54) is 4.88 Å². The van der Waals surface area contributed by atoms with Crippen LogP contribution >= 0.6 is 11.3 Å². The third-order valence-electron chi connectivity index (χ3n) is 6.05. The van der Waals surface area contributed by atoms with Crippen LogP contribution in [-0.4, -0.2) is 47.4 Å². The van der Waals surface area contributed by atoms with Gasteiger partial charge in [-0.1, -0.05) is 35.9 Å². The van der Waals surface area contributed by atoms with Gasteiger partial charge in [-0.3, -0.25) is 9.59 Å². The summed E-state index contributed by atoms with van der Waals surface area (Å²) in [6.45, 7) is 6.94. The molecule has 5 nitrogen and oxygen atoms in total. The molecule has 0 unspecified atom stereocenters. The van der Waals surface area contributed by atoms with Crippen molar-refractivity contribution in [2.75, 3.05) is 19.7 Å². The second-order valence-electron chi connectivity index (χ2n) is 8.67. The predicted molar refractivity (Wildman–Crippen MR) is 132 cm³/mol. The Bertz CT molecular complexity index is 1090. The minimum atomic E-state index is -0.170. The van der Waals surface area contributed by atoms with Crippen LogP contribution in [0.15, 0.2) is 66.0 Å². The molecule has 2 aromatic carbocycles. The smallest absolute Gasteiger partial charge is 0.254 e. The van der Waals surface area contributed by atoms with Gasteiger partial charge in [0.2, 0.25) is 5.91 Å². The van der Waals surface area contributed by atoms with E-state index >= 15 is 0 Å². The van der Waals surface area contributed by atoms with Gasteiger partial charge in [0.05, 0.1) is 6.04 Å². The van der Waals surface area contributed by atoms with E-state index in [2.05, 4.69) is 11.4 Å². The Kier molecular flexibility index (Phi) is 7.14. The lowest BCUT2D eigenvalue weighted by atomic mass is 10.00. The summed E-state index contributed by atoms with van der Waals surface area (Å²) < 4.78 is 6.06. The average Bonchev–Trinajstić information content (AvgIpc) is 3.30. The van der Waals surface area contributed by atoms with Crippen LogP contribution in [0.5, 0.6) is 5.75 Å². The quantitative estimate of drug-likeness (QED) is 0.490. The van der Waals surface area contributed by atoms with Crippen molar-refractivity contribution in [3.05, 3.63) is 87.6 Å². The van der Waals surface area contributed by atoms with E-state index in [0.29, 0.717) is 18.7 Å². The molecule has 0 aliphatic carbocycles. The van der Waals surface area contributed by atoms with Crippen molar-refractivity contribution in [3.63, 3.8) is 0 Å². The van der Waals surface area contributed by atoms with E-state index in [-0.39, 0.29) is 30.4 Å². The molecule has 2 amide bonds. The molecule has 0 fully saturated rings. The van der Waals surface area contributed by atoms with Gasteiger partial charge >= 0.3 is 0 Å². The number of para-hydroxylation sites is 1. The SMILES string of the molecule is Cc1ccc(C(=O)N(CC(=O)N2CCc3sccc3[C@@H]2COc2ccccc2)C(C)C)cc1. The number of carbonyl (C=O) groups is 2. The normalized spacial score (nSPS) is 15.3. The number of fused-ring (bicyclic) bond motifs is 1. The summed E-state index contributed by atoms with van der Waals surface area (Å²) in [5.74, 6) is 0.608. The third-order valence-corrected chi connectivity index (χ3v) is 7.05. The lowest BCUT2D eigenvalue weighted by Crippen LogP contribution is -2.49. The zero-order valence-corrected chi connectivity index (χ0v) is 20.2. The zero-order chi connectivity index (χ0) is 23.4. The van der Waals surface area contributed by atoms with E-state index in [1.807, 2.05) is 80.3 Å². The third kappa shape index (κ3) is 5.28. The van der Waals surface area contributed by atoms with Gasteiger partial charge in [0.25, 0.3) is 5.91 Å². The highest BCUT2D eigenvalue weighted by atomic mass is 32.1. The van der Waals surface area contributed by atoms with Crippen LogP contribution in [0.25, 0.3) is 0 Å².